The van der Waals surface area contributed by atoms with Gasteiger partial charge in [0.05, 0.1) is 12.3 Å². The predicted molar refractivity (Wildman–Crippen MR) is 56.6 cm³/mol. The first-order valence-electron chi connectivity index (χ1n) is 5.05. The van der Waals surface area contributed by atoms with Crippen LogP contribution >= 0.6 is 0 Å². The maximum Gasteiger partial charge on any atom is 0.0899 e. The highest BCUT2D eigenvalue weighted by atomic mass is 19.1. The summed E-state index contributed by atoms with van der Waals surface area (Å²) in [7, 11) is 0. The molecule has 0 fully saturated rings. The van der Waals surface area contributed by atoms with Crippen LogP contribution in [0.5, 0.6) is 0 Å². The largest absolute Gasteiger partial charge is 0.390 e. The van der Waals surface area contributed by atoms with E-state index in [9.17, 15) is 9.50 Å². The minimum Gasteiger partial charge on any atom is -0.390 e. The first-order chi connectivity index (χ1) is 5.77. The van der Waals surface area contributed by atoms with E-state index < -0.39 is 5.60 Å². The third kappa shape index (κ3) is 11.9. The highest BCUT2D eigenvalue weighted by molar-refractivity contribution is 4.77. The Morgan fingerprint density at radius 3 is 1.69 bits per heavy atom. The molecule has 0 rings (SSSR count). The van der Waals surface area contributed by atoms with Crippen molar-refractivity contribution in [2.45, 2.75) is 60.0 Å². The van der Waals surface area contributed by atoms with Crippen LogP contribution < -0.4 is 0 Å². The molecule has 0 aliphatic heterocycles. The molecule has 1 nitrogen and oxygen atoms in total. The number of halogens is 1. The van der Waals surface area contributed by atoms with Gasteiger partial charge in [0.1, 0.15) is 0 Å². The molecule has 0 spiro atoms. The molecule has 0 aromatic rings. The van der Waals surface area contributed by atoms with Crippen molar-refractivity contribution in [2.75, 3.05) is 6.67 Å². The van der Waals surface area contributed by atoms with E-state index in [-0.39, 0.29) is 12.1 Å². The molecule has 13 heavy (non-hydrogen) atoms. The van der Waals surface area contributed by atoms with Gasteiger partial charge in [0.15, 0.2) is 0 Å². The topological polar surface area (TPSA) is 20.2 Å². The van der Waals surface area contributed by atoms with Gasteiger partial charge in [-0.25, -0.2) is 0 Å². The van der Waals surface area contributed by atoms with E-state index in [2.05, 4.69) is 0 Å². The van der Waals surface area contributed by atoms with E-state index in [0.717, 1.165) is 0 Å². The fourth-order valence-corrected chi connectivity index (χ4v) is 1.52. The summed E-state index contributed by atoms with van der Waals surface area (Å²) in [5.74, 6) is 0. The van der Waals surface area contributed by atoms with E-state index >= 15 is 0 Å². The summed E-state index contributed by atoms with van der Waals surface area (Å²) < 4.78 is 12.0. The number of aliphatic hydroxyl groups is 1. The smallest absolute Gasteiger partial charge is 0.0899 e. The lowest BCUT2D eigenvalue weighted by Gasteiger charge is -2.30. The van der Waals surface area contributed by atoms with Crippen molar-refractivity contribution in [1.29, 1.82) is 0 Å². The lowest BCUT2D eigenvalue weighted by molar-refractivity contribution is 0.0275. The second kappa shape index (κ2) is 6.36. The highest BCUT2D eigenvalue weighted by Gasteiger charge is 2.26. The van der Waals surface area contributed by atoms with E-state index in [1.807, 2.05) is 27.7 Å². The van der Waals surface area contributed by atoms with Gasteiger partial charge in [0.2, 0.25) is 0 Å². The normalized spacial score (nSPS) is 12.0. The first-order valence-corrected chi connectivity index (χ1v) is 5.05. The molecule has 0 aliphatic rings. The van der Waals surface area contributed by atoms with Gasteiger partial charge in [0, 0.05) is 0 Å². The Labute approximate surface area is 82.4 Å². The minimum atomic E-state index is -0.682. The first kappa shape index (κ1) is 15.4. The van der Waals surface area contributed by atoms with Crippen LogP contribution in [0.3, 0.4) is 0 Å². The third-order valence-corrected chi connectivity index (χ3v) is 1.68. The Balaban J connectivity index is 0. The van der Waals surface area contributed by atoms with Gasteiger partial charge < -0.3 is 5.11 Å². The van der Waals surface area contributed by atoms with Gasteiger partial charge >= 0.3 is 0 Å². The summed E-state index contributed by atoms with van der Waals surface area (Å²) in [4.78, 5) is 0. The Morgan fingerprint density at radius 2 is 1.46 bits per heavy atom. The van der Waals surface area contributed by atoms with Crippen molar-refractivity contribution in [3.63, 3.8) is 0 Å². The lowest BCUT2D eigenvalue weighted by Crippen LogP contribution is -2.28. The molecule has 0 heterocycles. The standard InChI is InChI=1S/C9H19FO.C2H6/c1-8(2,5-6-10)7-9(3,4)11;1-2/h11H,5-7H2,1-4H3;1-2H3. The molecule has 0 saturated heterocycles. The van der Waals surface area contributed by atoms with Crippen LogP contribution in [0.1, 0.15) is 54.4 Å². The van der Waals surface area contributed by atoms with Crippen LogP contribution in [-0.4, -0.2) is 17.4 Å². The van der Waals surface area contributed by atoms with E-state index in [1.165, 1.54) is 0 Å². The molecule has 0 bridgehead atoms. The predicted octanol–water partition coefficient (Wildman–Crippen LogP) is 3.56. The molecule has 0 amide bonds. The molecule has 0 radical (unpaired) electrons. The van der Waals surface area contributed by atoms with Crippen molar-refractivity contribution in [2.24, 2.45) is 5.41 Å². The SMILES string of the molecule is CC.CC(C)(O)CC(C)(C)CCF. The molecule has 1 N–H and O–H groups in total. The monoisotopic (exact) mass is 192 g/mol. The van der Waals surface area contributed by atoms with Gasteiger partial charge in [-0.1, -0.05) is 27.7 Å². The van der Waals surface area contributed by atoms with E-state index in [1.54, 1.807) is 13.8 Å². The molecule has 0 saturated carbocycles. The van der Waals surface area contributed by atoms with Gasteiger partial charge in [-0.3, -0.25) is 4.39 Å². The van der Waals surface area contributed by atoms with Crippen molar-refractivity contribution in [3.05, 3.63) is 0 Å². The van der Waals surface area contributed by atoms with Crippen molar-refractivity contribution in [3.8, 4) is 0 Å². The highest BCUT2D eigenvalue weighted by Crippen LogP contribution is 2.30. The van der Waals surface area contributed by atoms with Gasteiger partial charge in [-0.05, 0) is 32.1 Å². The maximum absolute atomic E-state index is 12.0. The van der Waals surface area contributed by atoms with E-state index in [4.69, 9.17) is 0 Å². The fourth-order valence-electron chi connectivity index (χ4n) is 1.52. The summed E-state index contributed by atoms with van der Waals surface area (Å²) in [5.41, 5.74) is -0.772. The summed E-state index contributed by atoms with van der Waals surface area (Å²) in [6.45, 7) is 11.2. The van der Waals surface area contributed by atoms with Crippen LogP contribution in [0.4, 0.5) is 4.39 Å². The Bertz CT molecular complexity index is 114. The van der Waals surface area contributed by atoms with Crippen LogP contribution in [0.25, 0.3) is 0 Å². The third-order valence-electron chi connectivity index (χ3n) is 1.68. The second-order valence-corrected chi connectivity index (χ2v) is 4.59. The second-order valence-electron chi connectivity index (χ2n) is 4.59. The Kier molecular flexibility index (Phi) is 7.52. The van der Waals surface area contributed by atoms with Crippen LogP contribution in [0, 0.1) is 5.41 Å². The summed E-state index contributed by atoms with van der Waals surface area (Å²) >= 11 is 0. The van der Waals surface area contributed by atoms with Gasteiger partial charge in [-0.15, -0.1) is 0 Å². The summed E-state index contributed by atoms with van der Waals surface area (Å²) in [5, 5.41) is 9.46. The molecule has 0 atom stereocenters. The molecule has 0 aliphatic carbocycles. The van der Waals surface area contributed by atoms with Crippen molar-refractivity contribution in [1.82, 2.24) is 0 Å². The fraction of sp³-hybridized carbons (Fsp3) is 1.00. The average molecular weight is 192 g/mol. The van der Waals surface area contributed by atoms with Crippen LogP contribution in [0.15, 0.2) is 0 Å². The number of rotatable bonds is 4. The quantitative estimate of drug-likeness (QED) is 0.722. The number of alkyl halides is 1. The molecule has 0 aromatic heterocycles. The molecule has 0 aromatic carbocycles. The zero-order chi connectivity index (χ0) is 11.1. The van der Waals surface area contributed by atoms with Crippen molar-refractivity contribution >= 4 is 0 Å². The summed E-state index contributed by atoms with van der Waals surface area (Å²) in [6, 6.07) is 0. The summed E-state index contributed by atoms with van der Waals surface area (Å²) in [6.07, 6.45) is 1.17. The Morgan fingerprint density at radius 1 is 1.08 bits per heavy atom. The number of hydrogen-bond donors (Lipinski definition) is 1. The Hall–Kier alpha value is -0.110. The van der Waals surface area contributed by atoms with Crippen LogP contribution in [-0.2, 0) is 0 Å². The molecule has 82 valence electrons. The maximum atomic E-state index is 12.0. The number of hydrogen-bond acceptors (Lipinski definition) is 1. The molecular formula is C11H25FO. The van der Waals surface area contributed by atoms with Crippen molar-refractivity contribution < 1.29 is 9.50 Å². The zero-order valence-electron chi connectivity index (χ0n) is 9.95. The zero-order valence-corrected chi connectivity index (χ0v) is 9.95. The lowest BCUT2D eigenvalue weighted by atomic mass is 9.80. The average Bonchev–Trinajstić information content (AvgIpc) is 1.85. The van der Waals surface area contributed by atoms with Gasteiger partial charge in [-0.2, -0.15) is 0 Å². The molecule has 2 heteroatoms. The van der Waals surface area contributed by atoms with Crippen LogP contribution in [0.2, 0.25) is 0 Å². The van der Waals surface area contributed by atoms with E-state index in [0.29, 0.717) is 12.8 Å². The molecular weight excluding hydrogens is 167 g/mol. The molecule has 0 unspecified atom stereocenters. The van der Waals surface area contributed by atoms with Gasteiger partial charge in [0.25, 0.3) is 0 Å². The minimum absolute atomic E-state index is 0.0903.